The number of carbonyl (C=O) groups is 1. The lowest BCUT2D eigenvalue weighted by Gasteiger charge is -2.04. The van der Waals surface area contributed by atoms with E-state index in [1.54, 1.807) is 0 Å². The Morgan fingerprint density at radius 3 is 2.50 bits per heavy atom. The van der Waals surface area contributed by atoms with Gasteiger partial charge in [0.05, 0.1) is 6.33 Å². The number of rotatable bonds is 2. The Bertz CT molecular complexity index is 726. The van der Waals surface area contributed by atoms with Crippen LogP contribution in [0.2, 0.25) is 0 Å². The SMILES string of the molecule is Cl.Cn1c(=O)c2c(ncn2CC(=O)O)n(C)c1=O. The average molecular weight is 275 g/mol. The van der Waals surface area contributed by atoms with Gasteiger partial charge in [-0.1, -0.05) is 0 Å². The Kier molecular flexibility index (Phi) is 3.61. The van der Waals surface area contributed by atoms with E-state index < -0.39 is 17.2 Å². The van der Waals surface area contributed by atoms with Crippen LogP contribution in [-0.4, -0.2) is 29.8 Å². The Morgan fingerprint density at radius 1 is 1.33 bits per heavy atom. The summed E-state index contributed by atoms with van der Waals surface area (Å²) in [6.07, 6.45) is 1.24. The second kappa shape index (κ2) is 4.65. The van der Waals surface area contributed by atoms with E-state index in [1.165, 1.54) is 29.6 Å². The second-order valence-electron chi connectivity index (χ2n) is 3.64. The Morgan fingerprint density at radius 2 is 1.94 bits per heavy atom. The summed E-state index contributed by atoms with van der Waals surface area (Å²) in [6, 6.07) is 0. The fourth-order valence-electron chi connectivity index (χ4n) is 1.66. The molecule has 0 saturated heterocycles. The van der Waals surface area contributed by atoms with Crippen molar-refractivity contribution in [2.75, 3.05) is 0 Å². The lowest BCUT2D eigenvalue weighted by Crippen LogP contribution is -2.37. The zero-order chi connectivity index (χ0) is 12.7. The number of halogens is 1. The molecule has 18 heavy (non-hydrogen) atoms. The van der Waals surface area contributed by atoms with Gasteiger partial charge in [-0.2, -0.15) is 0 Å². The summed E-state index contributed by atoms with van der Waals surface area (Å²) < 4.78 is 3.33. The van der Waals surface area contributed by atoms with Crippen LogP contribution >= 0.6 is 12.4 Å². The maximum absolute atomic E-state index is 11.9. The van der Waals surface area contributed by atoms with Gasteiger partial charge in [0.1, 0.15) is 6.54 Å². The number of aromatic nitrogens is 4. The van der Waals surface area contributed by atoms with Gasteiger partial charge in [0, 0.05) is 14.1 Å². The third-order valence-corrected chi connectivity index (χ3v) is 2.52. The molecule has 0 spiro atoms. The molecule has 2 heterocycles. The number of imidazole rings is 1. The number of aliphatic carboxylic acids is 1. The smallest absolute Gasteiger partial charge is 0.332 e. The fraction of sp³-hybridized carbons (Fsp3) is 0.333. The minimum absolute atomic E-state index is 0. The van der Waals surface area contributed by atoms with Gasteiger partial charge in [-0.25, -0.2) is 9.78 Å². The highest BCUT2D eigenvalue weighted by atomic mass is 35.5. The zero-order valence-electron chi connectivity index (χ0n) is 9.65. The molecule has 0 aliphatic carbocycles. The van der Waals surface area contributed by atoms with E-state index in [0.717, 1.165) is 4.57 Å². The maximum Gasteiger partial charge on any atom is 0.332 e. The molecular weight excluding hydrogens is 264 g/mol. The van der Waals surface area contributed by atoms with Gasteiger partial charge in [0.25, 0.3) is 5.56 Å². The third kappa shape index (κ3) is 1.90. The molecule has 2 rings (SSSR count). The predicted molar refractivity (Wildman–Crippen MR) is 65.1 cm³/mol. The molecule has 98 valence electrons. The van der Waals surface area contributed by atoms with Crippen molar-refractivity contribution in [2.24, 2.45) is 14.1 Å². The number of carboxylic acids is 1. The molecule has 2 aromatic heterocycles. The van der Waals surface area contributed by atoms with Gasteiger partial charge in [-0.15, -0.1) is 12.4 Å². The van der Waals surface area contributed by atoms with E-state index in [-0.39, 0.29) is 30.1 Å². The molecule has 9 heteroatoms. The first-order valence-corrected chi connectivity index (χ1v) is 4.76. The highest BCUT2D eigenvalue weighted by molar-refractivity contribution is 5.85. The predicted octanol–water partition coefficient (Wildman–Crippen LogP) is -1.06. The van der Waals surface area contributed by atoms with Crippen molar-refractivity contribution < 1.29 is 9.90 Å². The van der Waals surface area contributed by atoms with Crippen LogP contribution in [0.4, 0.5) is 0 Å². The summed E-state index contributed by atoms with van der Waals surface area (Å²) >= 11 is 0. The maximum atomic E-state index is 11.9. The van der Waals surface area contributed by atoms with Gasteiger partial charge in [-0.3, -0.25) is 18.7 Å². The molecular formula is C9H11ClN4O4. The molecule has 0 aromatic carbocycles. The van der Waals surface area contributed by atoms with Gasteiger partial charge < -0.3 is 9.67 Å². The topological polar surface area (TPSA) is 99.1 Å². The summed E-state index contributed by atoms with van der Waals surface area (Å²) in [5, 5.41) is 8.70. The number of hydrogen-bond donors (Lipinski definition) is 1. The van der Waals surface area contributed by atoms with E-state index in [2.05, 4.69) is 4.98 Å². The number of fused-ring (bicyclic) bond motifs is 1. The number of nitrogens with zero attached hydrogens (tertiary/aromatic N) is 4. The Balaban J connectivity index is 0.00000162. The molecule has 0 fully saturated rings. The van der Waals surface area contributed by atoms with Crippen molar-refractivity contribution in [1.82, 2.24) is 18.7 Å². The van der Waals surface area contributed by atoms with Crippen LogP contribution < -0.4 is 11.2 Å². The van der Waals surface area contributed by atoms with E-state index in [4.69, 9.17) is 5.11 Å². The Labute approximate surface area is 107 Å². The molecule has 0 aliphatic rings. The van der Waals surface area contributed by atoms with E-state index >= 15 is 0 Å². The summed E-state index contributed by atoms with van der Waals surface area (Å²) in [4.78, 5) is 38.0. The summed E-state index contributed by atoms with van der Waals surface area (Å²) in [6.45, 7) is -0.371. The highest BCUT2D eigenvalue weighted by Crippen LogP contribution is 2.04. The number of carboxylic acid groups (broad SMARTS) is 1. The van der Waals surface area contributed by atoms with Crippen molar-refractivity contribution in [1.29, 1.82) is 0 Å². The van der Waals surface area contributed by atoms with E-state index in [9.17, 15) is 14.4 Å². The standard InChI is InChI=1S/C9H10N4O4.ClH/c1-11-7-6(8(16)12(2)9(11)17)13(4-10-7)3-5(14)15;/h4H,3H2,1-2H3,(H,14,15);1H. The highest BCUT2D eigenvalue weighted by Gasteiger charge is 2.15. The summed E-state index contributed by atoms with van der Waals surface area (Å²) in [7, 11) is 2.81. The molecule has 0 atom stereocenters. The molecule has 1 N–H and O–H groups in total. The molecule has 8 nitrogen and oxygen atoms in total. The van der Waals surface area contributed by atoms with Crippen LogP contribution in [0.3, 0.4) is 0 Å². The largest absolute Gasteiger partial charge is 0.480 e. The number of aryl methyl sites for hydroxylation is 1. The van der Waals surface area contributed by atoms with Crippen LogP contribution in [0.5, 0.6) is 0 Å². The van der Waals surface area contributed by atoms with Crippen LogP contribution in [0.25, 0.3) is 11.2 Å². The molecule has 0 saturated carbocycles. The minimum atomic E-state index is -1.08. The second-order valence-corrected chi connectivity index (χ2v) is 3.64. The first-order chi connectivity index (χ1) is 7.93. The molecule has 0 bridgehead atoms. The fourth-order valence-corrected chi connectivity index (χ4v) is 1.66. The molecule has 0 amide bonds. The van der Waals surface area contributed by atoms with Crippen molar-refractivity contribution in [3.8, 4) is 0 Å². The van der Waals surface area contributed by atoms with Gasteiger partial charge in [0.2, 0.25) is 0 Å². The van der Waals surface area contributed by atoms with Crippen LogP contribution in [0, 0.1) is 0 Å². The minimum Gasteiger partial charge on any atom is -0.480 e. The van der Waals surface area contributed by atoms with E-state index in [0.29, 0.717) is 0 Å². The summed E-state index contributed by atoms with van der Waals surface area (Å²) in [5.41, 5.74) is -0.763. The van der Waals surface area contributed by atoms with Gasteiger partial charge in [0.15, 0.2) is 11.2 Å². The third-order valence-electron chi connectivity index (χ3n) is 2.52. The zero-order valence-corrected chi connectivity index (χ0v) is 10.5. The monoisotopic (exact) mass is 274 g/mol. The molecule has 0 unspecified atom stereocenters. The van der Waals surface area contributed by atoms with Crippen molar-refractivity contribution in [2.45, 2.75) is 6.54 Å². The molecule has 0 radical (unpaired) electrons. The lowest BCUT2D eigenvalue weighted by molar-refractivity contribution is -0.137. The van der Waals surface area contributed by atoms with Crippen molar-refractivity contribution in [3.63, 3.8) is 0 Å². The van der Waals surface area contributed by atoms with Crippen LogP contribution in [0.1, 0.15) is 0 Å². The van der Waals surface area contributed by atoms with Crippen molar-refractivity contribution in [3.05, 3.63) is 27.2 Å². The quantitative estimate of drug-likeness (QED) is 0.752. The average Bonchev–Trinajstić information content (AvgIpc) is 2.66. The van der Waals surface area contributed by atoms with Gasteiger partial charge in [-0.05, 0) is 0 Å². The first kappa shape index (κ1) is 14.0. The lowest BCUT2D eigenvalue weighted by atomic mass is 10.5. The van der Waals surface area contributed by atoms with Crippen LogP contribution in [0.15, 0.2) is 15.9 Å². The Hall–Kier alpha value is -2.09. The van der Waals surface area contributed by atoms with Crippen molar-refractivity contribution >= 4 is 29.5 Å². The normalized spacial score (nSPS) is 10.3. The van der Waals surface area contributed by atoms with Crippen LogP contribution in [-0.2, 0) is 25.4 Å². The van der Waals surface area contributed by atoms with E-state index in [1.807, 2.05) is 0 Å². The summed E-state index contributed by atoms with van der Waals surface area (Å²) in [5.74, 6) is -1.08. The molecule has 0 aliphatic heterocycles. The molecule has 2 aromatic rings. The number of hydrogen-bond acceptors (Lipinski definition) is 4. The van der Waals surface area contributed by atoms with Gasteiger partial charge >= 0.3 is 11.7 Å². The first-order valence-electron chi connectivity index (χ1n) is 4.76.